The van der Waals surface area contributed by atoms with E-state index in [0.29, 0.717) is 5.75 Å². The van der Waals surface area contributed by atoms with Gasteiger partial charge < -0.3 is 9.84 Å². The first kappa shape index (κ1) is 13.6. The van der Waals surface area contributed by atoms with Crippen LogP contribution in [0.1, 0.15) is 48.5 Å². The third-order valence-corrected chi connectivity index (χ3v) is 2.83. The molecular formula is C14H20O3. The summed E-state index contributed by atoms with van der Waals surface area (Å²) >= 11 is 0. The minimum Gasteiger partial charge on any atom is -0.496 e. The van der Waals surface area contributed by atoms with E-state index in [2.05, 4.69) is 6.92 Å². The molecule has 0 heterocycles. The number of benzene rings is 1. The molecule has 0 aromatic heterocycles. The van der Waals surface area contributed by atoms with Crippen LogP contribution < -0.4 is 4.74 Å². The predicted octanol–water partition coefficient (Wildman–Crippen LogP) is 3.52. The van der Waals surface area contributed by atoms with Crippen molar-refractivity contribution in [2.75, 3.05) is 7.11 Å². The van der Waals surface area contributed by atoms with E-state index in [1.165, 1.54) is 26.4 Å². The molecule has 0 saturated heterocycles. The van der Waals surface area contributed by atoms with Gasteiger partial charge in [-0.1, -0.05) is 38.3 Å². The number of methoxy groups -OCH3 is 1. The second-order valence-electron chi connectivity index (χ2n) is 4.11. The van der Waals surface area contributed by atoms with E-state index in [-0.39, 0.29) is 5.56 Å². The van der Waals surface area contributed by atoms with Crippen LogP contribution in [0.3, 0.4) is 0 Å². The highest BCUT2D eigenvalue weighted by molar-refractivity contribution is 5.91. The fraction of sp³-hybridized carbons (Fsp3) is 0.500. The maximum absolute atomic E-state index is 11.0. The summed E-state index contributed by atoms with van der Waals surface area (Å²) in [7, 11) is 1.53. The number of aromatic carboxylic acids is 1. The third kappa shape index (κ3) is 3.77. The third-order valence-electron chi connectivity index (χ3n) is 2.83. The van der Waals surface area contributed by atoms with Crippen LogP contribution in [-0.2, 0) is 6.42 Å². The Morgan fingerprint density at radius 2 is 2.06 bits per heavy atom. The fourth-order valence-electron chi connectivity index (χ4n) is 1.93. The monoisotopic (exact) mass is 236 g/mol. The van der Waals surface area contributed by atoms with E-state index in [9.17, 15) is 4.79 Å². The zero-order valence-electron chi connectivity index (χ0n) is 10.5. The molecule has 0 atom stereocenters. The first-order valence-electron chi connectivity index (χ1n) is 6.09. The molecule has 1 N–H and O–H groups in total. The number of hydrogen-bond acceptors (Lipinski definition) is 2. The van der Waals surface area contributed by atoms with Gasteiger partial charge in [-0.3, -0.25) is 0 Å². The molecule has 0 aliphatic heterocycles. The summed E-state index contributed by atoms with van der Waals surface area (Å²) < 4.78 is 5.21. The number of aryl methyl sites for hydroxylation is 1. The molecule has 0 amide bonds. The lowest BCUT2D eigenvalue weighted by Crippen LogP contribution is -2.03. The van der Waals surface area contributed by atoms with Crippen LogP contribution >= 0.6 is 0 Å². The van der Waals surface area contributed by atoms with E-state index < -0.39 is 5.97 Å². The summed E-state index contributed by atoms with van der Waals surface area (Å²) in [6, 6.07) is 5.30. The normalized spacial score (nSPS) is 10.2. The fourth-order valence-corrected chi connectivity index (χ4v) is 1.93. The lowest BCUT2D eigenvalue weighted by Gasteiger charge is -2.10. The molecule has 0 bridgehead atoms. The molecule has 0 aliphatic rings. The van der Waals surface area contributed by atoms with E-state index >= 15 is 0 Å². The summed E-state index contributed by atoms with van der Waals surface area (Å²) in [5.74, 6) is -0.422. The van der Waals surface area contributed by atoms with Gasteiger partial charge in [0, 0.05) is 0 Å². The van der Waals surface area contributed by atoms with Gasteiger partial charge in [0.15, 0.2) is 0 Å². The number of unbranched alkanes of at least 4 members (excludes halogenated alkanes) is 3. The van der Waals surface area contributed by atoms with Gasteiger partial charge in [0.2, 0.25) is 0 Å². The minimum absolute atomic E-state index is 0.250. The SMILES string of the molecule is CCCCCCc1cccc(C(=O)O)c1OC. The maximum Gasteiger partial charge on any atom is 0.339 e. The zero-order chi connectivity index (χ0) is 12.7. The molecule has 0 spiro atoms. The van der Waals surface area contributed by atoms with E-state index in [0.717, 1.165) is 18.4 Å². The maximum atomic E-state index is 11.0. The number of carbonyl (C=O) groups is 1. The quantitative estimate of drug-likeness (QED) is 0.737. The van der Waals surface area contributed by atoms with Crippen molar-refractivity contribution in [2.45, 2.75) is 39.0 Å². The summed E-state index contributed by atoms with van der Waals surface area (Å²) in [6.45, 7) is 2.17. The molecule has 1 aromatic rings. The highest BCUT2D eigenvalue weighted by atomic mass is 16.5. The van der Waals surface area contributed by atoms with Crippen molar-refractivity contribution in [1.29, 1.82) is 0 Å². The van der Waals surface area contributed by atoms with Gasteiger partial charge in [0.1, 0.15) is 11.3 Å². The lowest BCUT2D eigenvalue weighted by molar-refractivity contribution is 0.0693. The summed E-state index contributed by atoms with van der Waals surface area (Å²) in [6.07, 6.45) is 5.56. The number of hydrogen-bond donors (Lipinski definition) is 1. The van der Waals surface area contributed by atoms with Crippen molar-refractivity contribution in [3.05, 3.63) is 29.3 Å². The van der Waals surface area contributed by atoms with Crippen LogP contribution in [0.2, 0.25) is 0 Å². The summed E-state index contributed by atoms with van der Waals surface area (Å²) in [5.41, 5.74) is 1.24. The average molecular weight is 236 g/mol. The van der Waals surface area contributed by atoms with Crippen molar-refractivity contribution in [2.24, 2.45) is 0 Å². The Balaban J connectivity index is 2.77. The standard InChI is InChI=1S/C14H20O3/c1-3-4-5-6-8-11-9-7-10-12(14(15)16)13(11)17-2/h7,9-10H,3-6,8H2,1-2H3,(H,15,16). The van der Waals surface area contributed by atoms with Gasteiger partial charge in [-0.2, -0.15) is 0 Å². The first-order chi connectivity index (χ1) is 8.20. The number of carboxylic acid groups (broad SMARTS) is 1. The summed E-state index contributed by atoms with van der Waals surface area (Å²) in [5, 5.41) is 9.05. The molecule has 17 heavy (non-hydrogen) atoms. The summed E-state index contributed by atoms with van der Waals surface area (Å²) in [4.78, 5) is 11.0. The van der Waals surface area contributed by atoms with Crippen molar-refractivity contribution >= 4 is 5.97 Å². The second-order valence-corrected chi connectivity index (χ2v) is 4.11. The Kier molecular flexibility index (Phi) is 5.53. The van der Waals surface area contributed by atoms with Gasteiger partial charge >= 0.3 is 5.97 Å². The largest absolute Gasteiger partial charge is 0.496 e. The van der Waals surface area contributed by atoms with Crippen molar-refractivity contribution in [1.82, 2.24) is 0 Å². The van der Waals surface area contributed by atoms with Gasteiger partial charge in [-0.15, -0.1) is 0 Å². The highest BCUT2D eigenvalue weighted by Gasteiger charge is 2.13. The number of para-hydroxylation sites is 1. The predicted molar refractivity (Wildman–Crippen MR) is 67.8 cm³/mol. The van der Waals surface area contributed by atoms with E-state index in [1.807, 2.05) is 6.07 Å². The Labute approximate surface area is 102 Å². The van der Waals surface area contributed by atoms with Crippen LogP contribution in [0.25, 0.3) is 0 Å². The lowest BCUT2D eigenvalue weighted by atomic mass is 10.0. The van der Waals surface area contributed by atoms with Crippen LogP contribution in [0.4, 0.5) is 0 Å². The van der Waals surface area contributed by atoms with Gasteiger partial charge in [0.05, 0.1) is 7.11 Å². The van der Waals surface area contributed by atoms with Gasteiger partial charge in [-0.25, -0.2) is 4.79 Å². The highest BCUT2D eigenvalue weighted by Crippen LogP contribution is 2.25. The van der Waals surface area contributed by atoms with Crippen LogP contribution in [0.5, 0.6) is 5.75 Å². The Hall–Kier alpha value is -1.51. The molecular weight excluding hydrogens is 216 g/mol. The molecule has 3 nitrogen and oxygen atoms in total. The first-order valence-corrected chi connectivity index (χ1v) is 6.09. The minimum atomic E-state index is -0.933. The van der Waals surface area contributed by atoms with Crippen molar-refractivity contribution in [3.8, 4) is 5.75 Å². The molecule has 0 aliphatic carbocycles. The second kappa shape index (κ2) is 6.94. The molecule has 0 saturated carbocycles. The number of carboxylic acids is 1. The molecule has 0 fully saturated rings. The number of ether oxygens (including phenoxy) is 1. The topological polar surface area (TPSA) is 46.5 Å². The number of rotatable bonds is 7. The van der Waals surface area contributed by atoms with E-state index in [1.54, 1.807) is 12.1 Å². The Morgan fingerprint density at radius 1 is 1.29 bits per heavy atom. The van der Waals surface area contributed by atoms with Crippen LogP contribution in [-0.4, -0.2) is 18.2 Å². The van der Waals surface area contributed by atoms with Gasteiger partial charge in [-0.05, 0) is 24.5 Å². The zero-order valence-corrected chi connectivity index (χ0v) is 10.5. The van der Waals surface area contributed by atoms with Crippen LogP contribution in [0.15, 0.2) is 18.2 Å². The molecule has 3 heteroatoms. The van der Waals surface area contributed by atoms with E-state index in [4.69, 9.17) is 9.84 Å². The molecule has 1 aromatic carbocycles. The average Bonchev–Trinajstić information content (AvgIpc) is 2.34. The molecule has 94 valence electrons. The van der Waals surface area contributed by atoms with Crippen molar-refractivity contribution in [3.63, 3.8) is 0 Å². The molecule has 0 radical (unpaired) electrons. The molecule has 1 rings (SSSR count). The smallest absolute Gasteiger partial charge is 0.339 e. The Bertz CT molecular complexity index is 372. The van der Waals surface area contributed by atoms with Gasteiger partial charge in [0.25, 0.3) is 0 Å². The van der Waals surface area contributed by atoms with Crippen molar-refractivity contribution < 1.29 is 14.6 Å². The van der Waals surface area contributed by atoms with Crippen LogP contribution in [0, 0.1) is 0 Å². The Morgan fingerprint density at radius 3 is 2.65 bits per heavy atom. The molecule has 0 unspecified atom stereocenters.